The fourth-order valence-corrected chi connectivity index (χ4v) is 3.58. The Morgan fingerprint density at radius 2 is 2.17 bits per heavy atom. The highest BCUT2D eigenvalue weighted by Crippen LogP contribution is 2.33. The van der Waals surface area contributed by atoms with E-state index >= 15 is 0 Å². The zero-order chi connectivity index (χ0) is 13.3. The van der Waals surface area contributed by atoms with Crippen LogP contribution in [0.3, 0.4) is 0 Å². The maximum atomic E-state index is 12.4. The van der Waals surface area contributed by atoms with Crippen molar-refractivity contribution in [1.82, 2.24) is 9.29 Å². The van der Waals surface area contributed by atoms with Crippen molar-refractivity contribution in [1.29, 1.82) is 0 Å². The van der Waals surface area contributed by atoms with Crippen LogP contribution in [0.5, 0.6) is 0 Å². The average Bonchev–Trinajstić information content (AvgIpc) is 3.13. The number of hydrogen-bond acceptors (Lipinski definition) is 3. The number of halogens is 2. The Balaban J connectivity index is 2.39. The van der Waals surface area contributed by atoms with Crippen LogP contribution in [0, 0.1) is 0 Å². The summed E-state index contributed by atoms with van der Waals surface area (Å²) in [6.07, 6.45) is 4.55. The van der Waals surface area contributed by atoms with Crippen molar-refractivity contribution in [2.45, 2.75) is 23.8 Å². The minimum absolute atomic E-state index is 0.0578. The molecule has 1 heterocycles. The highest BCUT2D eigenvalue weighted by atomic mass is 35.5. The van der Waals surface area contributed by atoms with E-state index < -0.39 is 10.0 Å². The third-order valence-corrected chi connectivity index (χ3v) is 5.21. The molecule has 1 fully saturated rings. The molecule has 0 aliphatic heterocycles. The Bertz CT molecular complexity index is 570. The summed E-state index contributed by atoms with van der Waals surface area (Å²) in [5, 5.41) is 0.226. The van der Waals surface area contributed by atoms with Crippen molar-refractivity contribution in [3.63, 3.8) is 0 Å². The number of rotatable bonds is 5. The van der Waals surface area contributed by atoms with Gasteiger partial charge in [0.05, 0.1) is 5.02 Å². The van der Waals surface area contributed by atoms with Crippen LogP contribution in [-0.4, -0.2) is 30.3 Å². The largest absolute Gasteiger partial charge is 0.245 e. The lowest BCUT2D eigenvalue weighted by molar-refractivity contribution is 0.435. The summed E-state index contributed by atoms with van der Waals surface area (Å²) in [7, 11) is -3.58. The molecule has 1 aliphatic carbocycles. The first-order valence-corrected chi connectivity index (χ1v) is 7.60. The lowest BCUT2D eigenvalue weighted by Crippen LogP contribution is -2.33. The standard InChI is InChI=1S/C11H12Cl2N2O2S/c1-2-5-15(8-3-4-8)18(16,17)9-6-10(12)11(13)14-7-9/h2,6-8H,1,3-5H2. The van der Waals surface area contributed by atoms with E-state index in [9.17, 15) is 8.42 Å². The second kappa shape index (κ2) is 5.17. The first-order chi connectivity index (χ1) is 8.46. The van der Waals surface area contributed by atoms with Crippen LogP contribution in [0.25, 0.3) is 0 Å². The molecule has 0 radical (unpaired) electrons. The highest BCUT2D eigenvalue weighted by Gasteiger charge is 2.37. The van der Waals surface area contributed by atoms with Crippen LogP contribution in [0.4, 0.5) is 0 Å². The van der Waals surface area contributed by atoms with Crippen LogP contribution in [0.1, 0.15) is 12.8 Å². The van der Waals surface area contributed by atoms with Crippen molar-refractivity contribution in [3.8, 4) is 0 Å². The zero-order valence-corrected chi connectivity index (χ0v) is 11.8. The molecule has 0 atom stereocenters. The van der Waals surface area contributed by atoms with E-state index in [1.54, 1.807) is 6.08 Å². The number of pyridine rings is 1. The fourth-order valence-electron chi connectivity index (χ4n) is 1.61. The summed E-state index contributed by atoms with van der Waals surface area (Å²) in [6.45, 7) is 3.87. The molecule has 4 nitrogen and oxygen atoms in total. The van der Waals surface area contributed by atoms with Gasteiger partial charge in [-0.1, -0.05) is 29.3 Å². The van der Waals surface area contributed by atoms with E-state index in [1.807, 2.05) is 0 Å². The summed E-state index contributed by atoms with van der Waals surface area (Å²) in [5.41, 5.74) is 0. The third kappa shape index (κ3) is 2.69. The number of hydrogen-bond donors (Lipinski definition) is 0. The van der Waals surface area contributed by atoms with Crippen LogP contribution in [0.15, 0.2) is 29.8 Å². The molecule has 0 bridgehead atoms. The number of aromatic nitrogens is 1. The molecule has 0 aromatic carbocycles. The molecule has 1 aliphatic rings. The van der Waals surface area contributed by atoms with E-state index in [0.29, 0.717) is 0 Å². The Labute approximate surface area is 116 Å². The molecule has 0 unspecified atom stereocenters. The molecule has 1 saturated carbocycles. The van der Waals surface area contributed by atoms with Gasteiger partial charge in [0.1, 0.15) is 10.0 Å². The summed E-state index contributed by atoms with van der Waals surface area (Å²) in [6, 6.07) is 1.38. The lowest BCUT2D eigenvalue weighted by atomic mass is 10.5. The van der Waals surface area contributed by atoms with Crippen molar-refractivity contribution < 1.29 is 8.42 Å². The molecule has 1 aromatic heterocycles. The zero-order valence-electron chi connectivity index (χ0n) is 9.51. The summed E-state index contributed by atoms with van der Waals surface area (Å²) >= 11 is 11.5. The maximum absolute atomic E-state index is 12.4. The fraction of sp³-hybridized carbons (Fsp3) is 0.364. The Kier molecular flexibility index (Phi) is 3.96. The van der Waals surface area contributed by atoms with Gasteiger partial charge in [-0.2, -0.15) is 4.31 Å². The van der Waals surface area contributed by atoms with Gasteiger partial charge in [0.25, 0.3) is 0 Å². The van der Waals surface area contributed by atoms with Crippen molar-refractivity contribution in [3.05, 3.63) is 35.1 Å². The van der Waals surface area contributed by atoms with Gasteiger partial charge >= 0.3 is 0 Å². The summed E-state index contributed by atoms with van der Waals surface area (Å²) < 4.78 is 26.2. The molecule has 1 aromatic rings. The Morgan fingerprint density at radius 3 is 2.67 bits per heavy atom. The molecular formula is C11H12Cl2N2O2S. The predicted octanol–water partition coefficient (Wildman–Crippen LogP) is 2.73. The van der Waals surface area contributed by atoms with Crippen molar-refractivity contribution in [2.75, 3.05) is 6.54 Å². The first kappa shape index (κ1) is 13.8. The molecule has 2 rings (SSSR count). The predicted molar refractivity (Wildman–Crippen MR) is 71.4 cm³/mol. The number of nitrogens with zero attached hydrogens (tertiary/aromatic N) is 2. The van der Waals surface area contributed by atoms with Gasteiger partial charge < -0.3 is 0 Å². The van der Waals surface area contributed by atoms with Gasteiger partial charge in [0, 0.05) is 18.8 Å². The van der Waals surface area contributed by atoms with Crippen LogP contribution < -0.4 is 0 Å². The summed E-state index contributed by atoms with van der Waals surface area (Å²) in [4.78, 5) is 3.83. The first-order valence-electron chi connectivity index (χ1n) is 5.40. The Morgan fingerprint density at radius 1 is 1.50 bits per heavy atom. The van der Waals surface area contributed by atoms with E-state index in [-0.39, 0.29) is 27.7 Å². The smallest absolute Gasteiger partial charge is 0.242 e. The maximum Gasteiger partial charge on any atom is 0.245 e. The van der Waals surface area contributed by atoms with Crippen LogP contribution >= 0.6 is 23.2 Å². The van der Waals surface area contributed by atoms with E-state index in [2.05, 4.69) is 11.6 Å². The van der Waals surface area contributed by atoms with Crippen molar-refractivity contribution in [2.24, 2.45) is 0 Å². The molecule has 0 N–H and O–H groups in total. The minimum Gasteiger partial charge on any atom is -0.242 e. The van der Waals surface area contributed by atoms with Gasteiger partial charge in [0.15, 0.2) is 0 Å². The van der Waals surface area contributed by atoms with Crippen LogP contribution in [0.2, 0.25) is 10.2 Å². The SMILES string of the molecule is C=CCN(C1CC1)S(=O)(=O)c1cnc(Cl)c(Cl)c1. The van der Waals surface area contributed by atoms with Gasteiger partial charge in [-0.25, -0.2) is 13.4 Å². The Hall–Kier alpha value is -0.620. The molecule has 98 valence electrons. The topological polar surface area (TPSA) is 50.3 Å². The molecule has 18 heavy (non-hydrogen) atoms. The van der Waals surface area contributed by atoms with Crippen molar-refractivity contribution >= 4 is 33.2 Å². The van der Waals surface area contributed by atoms with Gasteiger partial charge in [-0.15, -0.1) is 6.58 Å². The normalized spacial score (nSPS) is 15.9. The average molecular weight is 307 g/mol. The van der Waals surface area contributed by atoms with Gasteiger partial charge in [-0.05, 0) is 18.9 Å². The van der Waals surface area contributed by atoms with Crippen LogP contribution in [-0.2, 0) is 10.0 Å². The second-order valence-electron chi connectivity index (χ2n) is 4.04. The quantitative estimate of drug-likeness (QED) is 0.621. The molecule has 0 amide bonds. The minimum atomic E-state index is -3.58. The van der Waals surface area contributed by atoms with Gasteiger partial charge in [0.2, 0.25) is 10.0 Å². The highest BCUT2D eigenvalue weighted by molar-refractivity contribution is 7.89. The third-order valence-electron chi connectivity index (χ3n) is 2.64. The lowest BCUT2D eigenvalue weighted by Gasteiger charge is -2.20. The van der Waals surface area contributed by atoms with Gasteiger partial charge in [-0.3, -0.25) is 0 Å². The molecule has 0 spiro atoms. The molecular weight excluding hydrogens is 295 g/mol. The van der Waals surface area contributed by atoms with E-state index in [4.69, 9.17) is 23.2 Å². The molecule has 7 heteroatoms. The second-order valence-corrected chi connectivity index (χ2v) is 6.69. The summed E-state index contributed by atoms with van der Waals surface area (Å²) in [5.74, 6) is 0. The number of sulfonamides is 1. The van der Waals surface area contributed by atoms with E-state index in [1.165, 1.54) is 16.6 Å². The van der Waals surface area contributed by atoms with E-state index in [0.717, 1.165) is 12.8 Å². The molecule has 0 saturated heterocycles. The monoisotopic (exact) mass is 306 g/mol.